The number of fused-ring (bicyclic) bond motifs is 2. The number of nitrogens with zero attached hydrogens (tertiary/aromatic N) is 1. The lowest BCUT2D eigenvalue weighted by Gasteiger charge is -2.25. The van der Waals surface area contributed by atoms with Crippen LogP contribution in [0.2, 0.25) is 0 Å². The molecule has 0 saturated carbocycles. The van der Waals surface area contributed by atoms with E-state index < -0.39 is 0 Å². The molecule has 1 amide bonds. The molecule has 2 bridgehead atoms. The van der Waals surface area contributed by atoms with Gasteiger partial charge in [0.05, 0.1) is 25.3 Å². The number of carbonyl (C=O) groups excluding carboxylic acids is 1. The largest absolute Gasteiger partial charge is 0.445 e. The Kier molecular flexibility index (Phi) is 2.73. The minimum atomic E-state index is -0.218. The zero-order valence-corrected chi connectivity index (χ0v) is 9.54. The number of amides is 1. The summed E-state index contributed by atoms with van der Waals surface area (Å²) in [5, 5.41) is 0. The van der Waals surface area contributed by atoms with E-state index in [1.54, 1.807) is 4.90 Å². The van der Waals surface area contributed by atoms with E-state index in [0.29, 0.717) is 19.8 Å². The van der Waals surface area contributed by atoms with Gasteiger partial charge >= 0.3 is 6.09 Å². The highest BCUT2D eigenvalue weighted by molar-refractivity contribution is 5.68. The van der Waals surface area contributed by atoms with Crippen LogP contribution in [0.25, 0.3) is 0 Å². The van der Waals surface area contributed by atoms with Gasteiger partial charge in [-0.2, -0.15) is 0 Å². The molecule has 0 aromatic heterocycles. The predicted octanol–water partition coefficient (Wildman–Crippen LogP) is 1.80. The fraction of sp³-hybridized carbons (Fsp3) is 0.462. The summed E-state index contributed by atoms with van der Waals surface area (Å²) in [4.78, 5) is 13.6. The van der Waals surface area contributed by atoms with Crippen LogP contribution < -0.4 is 0 Å². The number of morpholine rings is 1. The molecule has 1 aromatic rings. The van der Waals surface area contributed by atoms with E-state index in [9.17, 15) is 4.79 Å². The summed E-state index contributed by atoms with van der Waals surface area (Å²) in [6.07, 6.45) is 0.967. The molecule has 1 aromatic carbocycles. The van der Waals surface area contributed by atoms with Crippen molar-refractivity contribution >= 4 is 6.09 Å². The maximum Gasteiger partial charge on any atom is 0.410 e. The van der Waals surface area contributed by atoms with Gasteiger partial charge in [0.15, 0.2) is 0 Å². The predicted molar refractivity (Wildman–Crippen MR) is 61.5 cm³/mol. The van der Waals surface area contributed by atoms with Gasteiger partial charge in [0.1, 0.15) is 6.61 Å². The van der Waals surface area contributed by atoms with Crippen molar-refractivity contribution in [1.82, 2.24) is 4.90 Å². The molecule has 3 rings (SSSR count). The summed E-state index contributed by atoms with van der Waals surface area (Å²) in [7, 11) is 0. The molecule has 90 valence electrons. The molecule has 2 heterocycles. The van der Waals surface area contributed by atoms with E-state index in [4.69, 9.17) is 9.47 Å². The monoisotopic (exact) mass is 233 g/mol. The number of hydrogen-bond acceptors (Lipinski definition) is 3. The third-order valence-corrected chi connectivity index (χ3v) is 3.34. The average Bonchev–Trinajstić information content (AvgIpc) is 2.99. The molecule has 0 radical (unpaired) electrons. The summed E-state index contributed by atoms with van der Waals surface area (Å²) >= 11 is 0. The van der Waals surface area contributed by atoms with Crippen molar-refractivity contribution in [2.45, 2.75) is 25.2 Å². The van der Waals surface area contributed by atoms with E-state index in [1.807, 2.05) is 30.3 Å². The van der Waals surface area contributed by atoms with Crippen LogP contribution >= 0.6 is 0 Å². The van der Waals surface area contributed by atoms with Gasteiger partial charge in [0.2, 0.25) is 0 Å². The van der Waals surface area contributed by atoms with Crippen molar-refractivity contribution < 1.29 is 14.3 Å². The second kappa shape index (κ2) is 4.37. The topological polar surface area (TPSA) is 38.8 Å². The summed E-state index contributed by atoms with van der Waals surface area (Å²) in [6, 6.07) is 9.95. The van der Waals surface area contributed by atoms with Crippen LogP contribution in [0.5, 0.6) is 0 Å². The number of carbonyl (C=O) groups is 1. The second-order valence-electron chi connectivity index (χ2n) is 4.54. The minimum absolute atomic E-state index is 0.218. The molecule has 2 aliphatic heterocycles. The first-order valence-corrected chi connectivity index (χ1v) is 5.92. The van der Waals surface area contributed by atoms with Crippen molar-refractivity contribution in [3.8, 4) is 0 Å². The maximum atomic E-state index is 11.9. The van der Waals surface area contributed by atoms with E-state index in [2.05, 4.69) is 0 Å². The van der Waals surface area contributed by atoms with Crippen LogP contribution in [-0.2, 0) is 16.1 Å². The van der Waals surface area contributed by atoms with Crippen LogP contribution in [-0.4, -0.2) is 36.3 Å². The fourth-order valence-electron chi connectivity index (χ4n) is 2.43. The van der Waals surface area contributed by atoms with Crippen LogP contribution in [0.15, 0.2) is 30.3 Å². The summed E-state index contributed by atoms with van der Waals surface area (Å²) < 4.78 is 10.7. The quantitative estimate of drug-likeness (QED) is 0.781. The zero-order valence-electron chi connectivity index (χ0n) is 9.54. The van der Waals surface area contributed by atoms with Crippen LogP contribution in [0, 0.1) is 0 Å². The first kappa shape index (κ1) is 10.6. The molecule has 0 N–H and O–H groups in total. The Bertz CT molecular complexity index is 406. The Morgan fingerprint density at radius 3 is 2.88 bits per heavy atom. The number of hydrogen-bond donors (Lipinski definition) is 0. The Morgan fingerprint density at radius 1 is 1.41 bits per heavy atom. The highest BCUT2D eigenvalue weighted by Crippen LogP contribution is 2.28. The van der Waals surface area contributed by atoms with Gasteiger partial charge in [-0.1, -0.05) is 30.3 Å². The molecule has 0 spiro atoms. The van der Waals surface area contributed by atoms with Crippen LogP contribution in [0.1, 0.15) is 12.0 Å². The molecule has 17 heavy (non-hydrogen) atoms. The SMILES string of the molecule is O=C(OCc1ccccc1)N1C[C@@H]2C[C@H]1CO2. The third-order valence-electron chi connectivity index (χ3n) is 3.34. The molecule has 2 fully saturated rings. The zero-order chi connectivity index (χ0) is 11.7. The van der Waals surface area contributed by atoms with Gasteiger partial charge < -0.3 is 14.4 Å². The summed E-state index contributed by atoms with van der Waals surface area (Å²) in [5.41, 5.74) is 1.02. The summed E-state index contributed by atoms with van der Waals surface area (Å²) in [6.45, 7) is 1.68. The normalized spacial score (nSPS) is 26.2. The Balaban J connectivity index is 1.54. The lowest BCUT2D eigenvalue weighted by molar-refractivity contribution is 0.0203. The molecule has 2 aliphatic rings. The number of likely N-dealkylation sites (tertiary alicyclic amines) is 1. The van der Waals surface area contributed by atoms with Gasteiger partial charge in [-0.15, -0.1) is 0 Å². The smallest absolute Gasteiger partial charge is 0.410 e. The molecule has 4 heteroatoms. The van der Waals surface area contributed by atoms with Gasteiger partial charge in [-0.3, -0.25) is 0 Å². The highest BCUT2D eigenvalue weighted by atomic mass is 16.6. The lowest BCUT2D eigenvalue weighted by Crippen LogP contribution is -2.41. The van der Waals surface area contributed by atoms with Gasteiger partial charge in [-0.05, 0) is 12.0 Å². The van der Waals surface area contributed by atoms with Crippen molar-refractivity contribution in [1.29, 1.82) is 0 Å². The second-order valence-corrected chi connectivity index (χ2v) is 4.54. The van der Waals surface area contributed by atoms with Crippen LogP contribution in [0.3, 0.4) is 0 Å². The Hall–Kier alpha value is -1.55. The highest BCUT2D eigenvalue weighted by Gasteiger charge is 2.42. The molecule has 0 aliphatic carbocycles. The van der Waals surface area contributed by atoms with E-state index in [1.165, 1.54) is 0 Å². The molecule has 2 saturated heterocycles. The number of benzene rings is 1. The van der Waals surface area contributed by atoms with Crippen molar-refractivity contribution in [2.75, 3.05) is 13.2 Å². The minimum Gasteiger partial charge on any atom is -0.445 e. The van der Waals surface area contributed by atoms with Gasteiger partial charge in [0, 0.05) is 0 Å². The summed E-state index contributed by atoms with van der Waals surface area (Å²) in [5.74, 6) is 0. The Labute approximate surface area is 100 Å². The standard InChI is InChI=1S/C13H15NO3/c15-13(14-7-12-6-11(14)9-16-12)17-8-10-4-2-1-3-5-10/h1-5,11-12H,6-9H2/t11-,12-/m0/s1. The van der Waals surface area contributed by atoms with Gasteiger partial charge in [0.25, 0.3) is 0 Å². The van der Waals surface area contributed by atoms with Crippen LogP contribution in [0.4, 0.5) is 4.79 Å². The molecule has 0 unspecified atom stereocenters. The molecule has 2 atom stereocenters. The number of ether oxygens (including phenoxy) is 2. The molecular weight excluding hydrogens is 218 g/mol. The van der Waals surface area contributed by atoms with Crippen molar-refractivity contribution in [3.05, 3.63) is 35.9 Å². The van der Waals surface area contributed by atoms with Crippen molar-refractivity contribution in [2.24, 2.45) is 0 Å². The van der Waals surface area contributed by atoms with Crippen molar-refractivity contribution in [3.63, 3.8) is 0 Å². The Morgan fingerprint density at radius 2 is 2.24 bits per heavy atom. The van der Waals surface area contributed by atoms with E-state index >= 15 is 0 Å². The first-order chi connectivity index (χ1) is 8.33. The van der Waals surface area contributed by atoms with E-state index in [-0.39, 0.29) is 18.2 Å². The maximum absolute atomic E-state index is 11.9. The fourth-order valence-corrected chi connectivity index (χ4v) is 2.43. The lowest BCUT2D eigenvalue weighted by atomic mass is 10.2. The first-order valence-electron chi connectivity index (χ1n) is 5.92. The average molecular weight is 233 g/mol. The number of rotatable bonds is 2. The van der Waals surface area contributed by atoms with E-state index in [0.717, 1.165) is 12.0 Å². The third kappa shape index (κ3) is 2.13. The molecule has 4 nitrogen and oxygen atoms in total. The molecular formula is C13H15NO3. The van der Waals surface area contributed by atoms with Gasteiger partial charge in [-0.25, -0.2) is 4.79 Å².